The van der Waals surface area contributed by atoms with E-state index in [0.29, 0.717) is 26.2 Å². The predicted octanol–water partition coefficient (Wildman–Crippen LogP) is 4.31. The van der Waals surface area contributed by atoms with Gasteiger partial charge in [-0.1, -0.05) is 48.0 Å². The van der Waals surface area contributed by atoms with Gasteiger partial charge in [0.05, 0.1) is 25.3 Å². The number of aryl methyl sites for hydroxylation is 2. The molecule has 0 saturated heterocycles. The number of rotatable bonds is 10. The lowest BCUT2D eigenvalue weighted by molar-refractivity contribution is -0.142. The van der Waals surface area contributed by atoms with E-state index in [0.717, 1.165) is 34.4 Å². The smallest absolute Gasteiger partial charge is 0.310 e. The Balaban J connectivity index is 0.000000269. The quantitative estimate of drug-likeness (QED) is 0.245. The molecule has 2 aromatic carbocycles. The van der Waals surface area contributed by atoms with E-state index in [1.54, 1.807) is 20.1 Å². The van der Waals surface area contributed by atoms with Crippen molar-refractivity contribution in [3.63, 3.8) is 0 Å². The normalized spacial score (nSPS) is 10.3. The van der Waals surface area contributed by atoms with Gasteiger partial charge in [-0.05, 0) is 50.5 Å². The van der Waals surface area contributed by atoms with Gasteiger partial charge >= 0.3 is 5.97 Å². The Morgan fingerprint density at radius 3 is 2.43 bits per heavy atom. The molecule has 1 aromatic heterocycles. The Kier molecular flexibility index (Phi) is 11.6. The van der Waals surface area contributed by atoms with Crippen molar-refractivity contribution in [2.45, 2.75) is 46.6 Å². The molecule has 0 atom stereocenters. The highest BCUT2D eigenvalue weighted by Gasteiger charge is 2.06. The zero-order valence-corrected chi connectivity index (χ0v) is 21.0. The molecule has 0 aliphatic carbocycles. The van der Waals surface area contributed by atoms with Crippen LogP contribution in [0.3, 0.4) is 0 Å². The Hall–Kier alpha value is -3.58. The summed E-state index contributed by atoms with van der Waals surface area (Å²) in [5.41, 5.74) is 4.38. The summed E-state index contributed by atoms with van der Waals surface area (Å²) in [6.07, 6.45) is 1.60. The fourth-order valence-corrected chi connectivity index (χ4v) is 3.39. The zero-order valence-electron chi connectivity index (χ0n) is 21.0. The largest absolute Gasteiger partial charge is 0.466 e. The van der Waals surface area contributed by atoms with E-state index in [1.807, 2.05) is 62.4 Å². The van der Waals surface area contributed by atoms with E-state index in [2.05, 4.69) is 5.10 Å². The highest BCUT2D eigenvalue weighted by atomic mass is 16.5. The van der Waals surface area contributed by atoms with E-state index in [4.69, 9.17) is 9.47 Å². The number of hydrogen-bond acceptors (Lipinski definition) is 6. The summed E-state index contributed by atoms with van der Waals surface area (Å²) in [7, 11) is 1.65. The number of benzene rings is 2. The van der Waals surface area contributed by atoms with E-state index in [1.165, 1.54) is 10.7 Å². The van der Waals surface area contributed by atoms with Crippen molar-refractivity contribution >= 4 is 11.8 Å². The highest BCUT2D eigenvalue weighted by Crippen LogP contribution is 2.09. The molecule has 0 saturated carbocycles. The number of hydrogen-bond donors (Lipinski definition) is 0. The van der Waals surface area contributed by atoms with Crippen LogP contribution in [0.15, 0.2) is 65.5 Å². The van der Waals surface area contributed by atoms with Gasteiger partial charge in [0.25, 0.3) is 5.56 Å². The summed E-state index contributed by atoms with van der Waals surface area (Å²) in [5.74, 6) is -0.0498. The zero-order chi connectivity index (χ0) is 25.6. The van der Waals surface area contributed by atoms with E-state index in [9.17, 15) is 14.4 Å². The number of ether oxygens (including phenoxy) is 2. The summed E-state index contributed by atoms with van der Waals surface area (Å²) in [4.78, 5) is 34.9. The standard InChI is InChI=1S/C16H18N2O3.C12H16O2/c1-3-21-16(20)10-13-5-4-6-14(9-13)11-18-15(19)8-7-12(2)17-18;1-10-5-3-6-11(9-10)12(13)7-4-8-14-2/h4-9H,3,10-11H2,1-2H3;3,5-6,9H,4,7-8H2,1-2H3. The SMILES string of the molecule is CCOC(=O)Cc1cccc(Cn2nc(C)ccc2=O)c1.COCCCC(=O)c1cccc(C)c1. The fourth-order valence-electron chi connectivity index (χ4n) is 3.39. The molecule has 0 amide bonds. The van der Waals surface area contributed by atoms with Crippen molar-refractivity contribution in [2.24, 2.45) is 0 Å². The minimum Gasteiger partial charge on any atom is -0.466 e. The summed E-state index contributed by atoms with van der Waals surface area (Å²) >= 11 is 0. The second-order valence-corrected chi connectivity index (χ2v) is 8.16. The second-order valence-electron chi connectivity index (χ2n) is 8.16. The maximum absolute atomic E-state index is 11.7. The molecule has 3 rings (SSSR count). The van der Waals surface area contributed by atoms with Gasteiger partial charge < -0.3 is 9.47 Å². The average molecular weight is 479 g/mol. The van der Waals surface area contributed by atoms with Crippen molar-refractivity contribution in [3.8, 4) is 0 Å². The molecule has 0 spiro atoms. The third kappa shape index (κ3) is 10.1. The Morgan fingerprint density at radius 1 is 0.971 bits per heavy atom. The Morgan fingerprint density at radius 2 is 1.71 bits per heavy atom. The van der Waals surface area contributed by atoms with Gasteiger partial charge in [0.2, 0.25) is 0 Å². The molecule has 186 valence electrons. The van der Waals surface area contributed by atoms with Gasteiger partial charge in [-0.15, -0.1) is 0 Å². The van der Waals surface area contributed by atoms with Crippen LogP contribution >= 0.6 is 0 Å². The summed E-state index contributed by atoms with van der Waals surface area (Å²) in [5, 5.41) is 4.20. The van der Waals surface area contributed by atoms with Crippen LogP contribution in [0.1, 0.15) is 52.5 Å². The number of esters is 1. The number of methoxy groups -OCH3 is 1. The van der Waals surface area contributed by atoms with Crippen LogP contribution < -0.4 is 5.56 Å². The molecule has 0 aliphatic rings. The number of ketones is 1. The minimum atomic E-state index is -0.250. The van der Waals surface area contributed by atoms with Crippen LogP contribution in [-0.2, 0) is 27.2 Å². The van der Waals surface area contributed by atoms with Crippen LogP contribution in [0.25, 0.3) is 0 Å². The maximum atomic E-state index is 11.7. The molecule has 0 N–H and O–H groups in total. The van der Waals surface area contributed by atoms with Crippen LogP contribution in [0.2, 0.25) is 0 Å². The molecule has 7 nitrogen and oxygen atoms in total. The monoisotopic (exact) mass is 478 g/mol. The molecule has 1 heterocycles. The van der Waals surface area contributed by atoms with Crippen molar-refractivity contribution in [1.29, 1.82) is 0 Å². The molecule has 35 heavy (non-hydrogen) atoms. The predicted molar refractivity (Wildman–Crippen MR) is 136 cm³/mol. The molecular formula is C28H34N2O5. The van der Waals surface area contributed by atoms with Crippen molar-refractivity contribution in [3.05, 3.63) is 99.0 Å². The maximum Gasteiger partial charge on any atom is 0.310 e. The van der Waals surface area contributed by atoms with E-state index >= 15 is 0 Å². The minimum absolute atomic E-state index is 0.142. The first-order chi connectivity index (χ1) is 16.8. The third-order valence-electron chi connectivity index (χ3n) is 5.07. The Labute approximate surface area is 206 Å². The molecular weight excluding hydrogens is 444 g/mol. The summed E-state index contributed by atoms with van der Waals surface area (Å²) < 4.78 is 11.2. The number of nitrogens with zero attached hydrogens (tertiary/aromatic N) is 2. The van der Waals surface area contributed by atoms with Crippen molar-refractivity contribution in [2.75, 3.05) is 20.3 Å². The summed E-state index contributed by atoms with van der Waals surface area (Å²) in [6, 6.07) is 18.4. The first kappa shape index (κ1) is 27.7. The van der Waals surface area contributed by atoms with Gasteiger partial charge in [-0.3, -0.25) is 14.4 Å². The lowest BCUT2D eigenvalue weighted by Crippen LogP contribution is -2.23. The molecule has 7 heteroatoms. The van der Waals surface area contributed by atoms with Crippen LogP contribution in [0.4, 0.5) is 0 Å². The third-order valence-corrected chi connectivity index (χ3v) is 5.07. The van der Waals surface area contributed by atoms with Crippen molar-refractivity contribution in [1.82, 2.24) is 9.78 Å². The highest BCUT2D eigenvalue weighted by molar-refractivity contribution is 5.96. The average Bonchev–Trinajstić information content (AvgIpc) is 2.82. The second kappa shape index (κ2) is 14.6. The lowest BCUT2D eigenvalue weighted by Gasteiger charge is -2.07. The van der Waals surface area contributed by atoms with Gasteiger partial charge in [0.1, 0.15) is 0 Å². The molecule has 0 aliphatic heterocycles. The molecule has 0 radical (unpaired) electrons. The molecule has 0 bridgehead atoms. The van der Waals surface area contributed by atoms with Crippen LogP contribution in [-0.4, -0.2) is 41.9 Å². The number of Topliss-reactive ketones (excluding diaryl/α,β-unsaturated/α-hetero) is 1. The van der Waals surface area contributed by atoms with Crippen LogP contribution in [0.5, 0.6) is 0 Å². The number of carbonyl (C=O) groups is 2. The first-order valence-electron chi connectivity index (χ1n) is 11.7. The van der Waals surface area contributed by atoms with E-state index in [-0.39, 0.29) is 23.7 Å². The van der Waals surface area contributed by atoms with Crippen LogP contribution in [0, 0.1) is 13.8 Å². The Bertz CT molecular complexity index is 1170. The summed E-state index contributed by atoms with van der Waals surface area (Å²) in [6.45, 7) is 7.03. The van der Waals surface area contributed by atoms with Gasteiger partial charge in [-0.25, -0.2) is 4.68 Å². The van der Waals surface area contributed by atoms with Gasteiger partial charge in [-0.2, -0.15) is 5.10 Å². The topological polar surface area (TPSA) is 87.5 Å². The van der Waals surface area contributed by atoms with E-state index < -0.39 is 0 Å². The molecule has 0 unspecified atom stereocenters. The lowest BCUT2D eigenvalue weighted by atomic mass is 10.0. The van der Waals surface area contributed by atoms with Gasteiger partial charge in [0.15, 0.2) is 5.78 Å². The number of aromatic nitrogens is 2. The molecule has 0 fully saturated rings. The number of carbonyl (C=O) groups excluding carboxylic acids is 2. The van der Waals surface area contributed by atoms with Gasteiger partial charge in [0, 0.05) is 31.8 Å². The molecule has 3 aromatic rings. The van der Waals surface area contributed by atoms with Crippen molar-refractivity contribution < 1.29 is 19.1 Å². The fraction of sp³-hybridized carbons (Fsp3) is 0.357. The first-order valence-corrected chi connectivity index (χ1v) is 11.7.